The third kappa shape index (κ3) is 2.38. The number of sulfonamides is 1. The van der Waals surface area contributed by atoms with Gasteiger partial charge in [0.1, 0.15) is 6.04 Å². The van der Waals surface area contributed by atoms with Gasteiger partial charge in [0.25, 0.3) is 0 Å². The minimum atomic E-state index is -3.93. The van der Waals surface area contributed by atoms with Gasteiger partial charge in [0.2, 0.25) is 15.9 Å². The van der Waals surface area contributed by atoms with E-state index in [0.29, 0.717) is 18.5 Å². The topological polar surface area (TPSA) is 104 Å². The van der Waals surface area contributed by atoms with Crippen LogP contribution in [0.2, 0.25) is 0 Å². The van der Waals surface area contributed by atoms with E-state index in [1.54, 1.807) is 11.0 Å². The lowest BCUT2D eigenvalue weighted by Crippen LogP contribution is -2.38. The smallest absolute Gasteiger partial charge is 0.321 e. The molecule has 2 heterocycles. The molecular formula is C14H16N2O5S. The number of nitrogens with one attached hydrogen (secondary N) is 1. The Balaban J connectivity index is 2.02. The van der Waals surface area contributed by atoms with Gasteiger partial charge >= 0.3 is 5.97 Å². The Labute approximate surface area is 128 Å². The molecule has 0 unspecified atom stereocenters. The van der Waals surface area contributed by atoms with Crippen LogP contribution < -0.4 is 9.62 Å². The van der Waals surface area contributed by atoms with Gasteiger partial charge in [-0.1, -0.05) is 0 Å². The lowest BCUT2D eigenvalue weighted by atomic mass is 10.0. The number of amides is 1. The molecule has 8 heteroatoms. The van der Waals surface area contributed by atoms with E-state index in [0.717, 1.165) is 17.7 Å². The molecule has 0 spiro atoms. The van der Waals surface area contributed by atoms with Crippen molar-refractivity contribution < 1.29 is 23.1 Å². The highest BCUT2D eigenvalue weighted by molar-refractivity contribution is 7.89. The van der Waals surface area contributed by atoms with Gasteiger partial charge in [0, 0.05) is 6.54 Å². The van der Waals surface area contributed by atoms with Gasteiger partial charge in [0.05, 0.1) is 17.0 Å². The van der Waals surface area contributed by atoms with Crippen LogP contribution in [0, 0.1) is 0 Å². The van der Waals surface area contributed by atoms with Crippen LogP contribution in [-0.4, -0.2) is 38.0 Å². The van der Waals surface area contributed by atoms with Crippen molar-refractivity contribution in [3.8, 4) is 0 Å². The first-order chi connectivity index (χ1) is 10.3. The molecule has 0 fully saturated rings. The zero-order valence-electron chi connectivity index (χ0n) is 12.0. The number of hydrogen-bond acceptors (Lipinski definition) is 4. The summed E-state index contributed by atoms with van der Waals surface area (Å²) < 4.78 is 26.8. The van der Waals surface area contributed by atoms with Crippen LogP contribution in [-0.2, 0) is 32.5 Å². The van der Waals surface area contributed by atoms with Crippen molar-refractivity contribution in [1.29, 1.82) is 0 Å². The van der Waals surface area contributed by atoms with Gasteiger partial charge in [-0.05, 0) is 43.0 Å². The second-order valence-electron chi connectivity index (χ2n) is 5.60. The molecule has 0 aliphatic carbocycles. The maximum Gasteiger partial charge on any atom is 0.321 e. The standard InChI is InChI=1S/C14H16N2O5S/c1-8(14(18)19)15-22(20,21)11-5-9-3-2-4-16-12(17)7-10(6-11)13(9)16/h5-6,8,15H,2-4,7H2,1H3,(H,18,19)/t8-/m1/s1. The minimum absolute atomic E-state index is 0.0163. The third-order valence-electron chi connectivity index (χ3n) is 3.99. The van der Waals surface area contributed by atoms with Crippen LogP contribution >= 0.6 is 0 Å². The van der Waals surface area contributed by atoms with Crippen molar-refractivity contribution >= 4 is 27.6 Å². The van der Waals surface area contributed by atoms with Gasteiger partial charge in [-0.15, -0.1) is 0 Å². The van der Waals surface area contributed by atoms with Gasteiger partial charge in [-0.3, -0.25) is 9.59 Å². The number of carboxylic acids is 1. The summed E-state index contributed by atoms with van der Waals surface area (Å²) in [7, 11) is -3.93. The molecule has 2 N–H and O–H groups in total. The SMILES string of the molecule is C[C@@H](NS(=O)(=O)c1cc2c3c(c1)CC(=O)N3CCC2)C(=O)O. The number of carboxylic acid groups (broad SMARTS) is 1. The van der Waals surface area contributed by atoms with Crippen molar-refractivity contribution in [3.63, 3.8) is 0 Å². The molecule has 22 heavy (non-hydrogen) atoms. The molecule has 0 aromatic heterocycles. The summed E-state index contributed by atoms with van der Waals surface area (Å²) in [6, 6.07) is 1.80. The first-order valence-electron chi connectivity index (χ1n) is 7.01. The number of hydrogen-bond donors (Lipinski definition) is 2. The molecule has 2 aliphatic heterocycles. The lowest BCUT2D eigenvalue weighted by Gasteiger charge is -2.26. The Morgan fingerprint density at radius 2 is 2.05 bits per heavy atom. The molecule has 7 nitrogen and oxygen atoms in total. The summed E-state index contributed by atoms with van der Waals surface area (Å²) in [4.78, 5) is 24.5. The number of carbonyl (C=O) groups is 2. The molecule has 3 rings (SSSR count). The van der Waals surface area contributed by atoms with E-state index in [4.69, 9.17) is 5.11 Å². The predicted molar refractivity (Wildman–Crippen MR) is 78.2 cm³/mol. The molecule has 2 aliphatic rings. The number of benzene rings is 1. The molecule has 1 atom stereocenters. The largest absolute Gasteiger partial charge is 0.480 e. The Morgan fingerprint density at radius 1 is 1.36 bits per heavy atom. The number of nitrogens with zero attached hydrogens (tertiary/aromatic N) is 1. The molecule has 118 valence electrons. The van der Waals surface area contributed by atoms with Gasteiger partial charge in [0.15, 0.2) is 0 Å². The number of rotatable bonds is 4. The second-order valence-corrected chi connectivity index (χ2v) is 7.31. The number of carbonyl (C=O) groups excluding carboxylic acids is 1. The van der Waals surface area contributed by atoms with Crippen LogP contribution in [0.1, 0.15) is 24.5 Å². The number of aliphatic carboxylic acids is 1. The Bertz CT molecular complexity index is 772. The average molecular weight is 324 g/mol. The highest BCUT2D eigenvalue weighted by Crippen LogP contribution is 2.38. The molecular weight excluding hydrogens is 308 g/mol. The van der Waals surface area contributed by atoms with E-state index >= 15 is 0 Å². The van der Waals surface area contributed by atoms with E-state index < -0.39 is 22.0 Å². The van der Waals surface area contributed by atoms with Crippen LogP contribution in [0.3, 0.4) is 0 Å². The molecule has 0 saturated heterocycles. The third-order valence-corrected chi connectivity index (χ3v) is 5.51. The molecule has 1 aromatic carbocycles. The van der Waals surface area contributed by atoms with Crippen molar-refractivity contribution in [2.45, 2.75) is 37.1 Å². The lowest BCUT2D eigenvalue weighted by molar-refractivity contribution is -0.138. The summed E-state index contributed by atoms with van der Waals surface area (Å²) in [6.45, 7) is 1.93. The molecule has 0 radical (unpaired) electrons. The first-order valence-corrected chi connectivity index (χ1v) is 8.49. The van der Waals surface area contributed by atoms with Gasteiger partial charge in [-0.25, -0.2) is 8.42 Å². The number of aryl methyl sites for hydroxylation is 1. The highest BCUT2D eigenvalue weighted by atomic mass is 32.2. The fourth-order valence-electron chi connectivity index (χ4n) is 2.95. The molecule has 0 bridgehead atoms. The average Bonchev–Trinajstić information content (AvgIpc) is 2.76. The normalized spacial score (nSPS) is 18.2. The summed E-state index contributed by atoms with van der Waals surface area (Å²) in [5, 5.41) is 8.85. The van der Waals surface area contributed by atoms with E-state index in [9.17, 15) is 18.0 Å². The van der Waals surface area contributed by atoms with Crippen LogP contribution in [0.5, 0.6) is 0 Å². The predicted octanol–water partition coefficient (Wildman–Crippen LogP) is 0.273. The summed E-state index contributed by atoms with van der Waals surface area (Å²) in [6.07, 6.45) is 1.70. The van der Waals surface area contributed by atoms with Gasteiger partial charge < -0.3 is 10.0 Å². The first kappa shape index (κ1) is 15.0. The van der Waals surface area contributed by atoms with E-state index in [-0.39, 0.29) is 17.2 Å². The van der Waals surface area contributed by atoms with Crippen molar-refractivity contribution in [2.24, 2.45) is 0 Å². The van der Waals surface area contributed by atoms with Crippen molar-refractivity contribution in [2.75, 3.05) is 11.4 Å². The molecule has 1 aromatic rings. The zero-order valence-corrected chi connectivity index (χ0v) is 12.8. The van der Waals surface area contributed by atoms with Crippen LogP contribution in [0.15, 0.2) is 17.0 Å². The monoisotopic (exact) mass is 324 g/mol. The maximum absolute atomic E-state index is 12.3. The van der Waals surface area contributed by atoms with Crippen LogP contribution in [0.25, 0.3) is 0 Å². The summed E-state index contributed by atoms with van der Waals surface area (Å²) in [5.41, 5.74) is 2.37. The van der Waals surface area contributed by atoms with Crippen molar-refractivity contribution in [1.82, 2.24) is 4.72 Å². The van der Waals surface area contributed by atoms with Crippen LogP contribution in [0.4, 0.5) is 5.69 Å². The van der Waals surface area contributed by atoms with Gasteiger partial charge in [-0.2, -0.15) is 4.72 Å². The fraction of sp³-hybridized carbons (Fsp3) is 0.429. The second kappa shape index (κ2) is 5.06. The molecule has 0 saturated carbocycles. The summed E-state index contributed by atoms with van der Waals surface area (Å²) >= 11 is 0. The van der Waals surface area contributed by atoms with Crippen molar-refractivity contribution in [3.05, 3.63) is 23.3 Å². The maximum atomic E-state index is 12.3. The Morgan fingerprint density at radius 3 is 2.73 bits per heavy atom. The van der Waals surface area contributed by atoms with E-state index in [2.05, 4.69) is 4.72 Å². The Kier molecular flexibility index (Phi) is 3.45. The zero-order chi connectivity index (χ0) is 16.1. The Hall–Kier alpha value is -1.93. The fourth-order valence-corrected chi connectivity index (χ4v) is 4.25. The number of anilines is 1. The highest BCUT2D eigenvalue weighted by Gasteiger charge is 2.34. The quantitative estimate of drug-likeness (QED) is 0.827. The van der Waals surface area contributed by atoms with E-state index in [1.165, 1.54) is 13.0 Å². The summed E-state index contributed by atoms with van der Waals surface area (Å²) in [5.74, 6) is -1.26. The van der Waals surface area contributed by atoms with E-state index in [1.807, 2.05) is 0 Å². The molecule has 1 amide bonds. The minimum Gasteiger partial charge on any atom is -0.480 e.